The van der Waals surface area contributed by atoms with E-state index in [1.165, 1.54) is 34.3 Å². The van der Waals surface area contributed by atoms with E-state index in [1.54, 1.807) is 0 Å². The number of benzene rings is 1. The quantitative estimate of drug-likeness (QED) is 0.924. The molecule has 0 amide bonds. The van der Waals surface area contributed by atoms with E-state index in [-0.39, 0.29) is 0 Å². The molecule has 1 atom stereocenters. The third kappa shape index (κ3) is 2.65. The molecule has 4 heteroatoms. The number of rotatable bonds is 4. The fourth-order valence-electron chi connectivity index (χ4n) is 2.92. The minimum absolute atomic E-state index is 0.659. The summed E-state index contributed by atoms with van der Waals surface area (Å²) in [6.45, 7) is 3.25. The zero-order chi connectivity index (χ0) is 13.2. The van der Waals surface area contributed by atoms with E-state index < -0.39 is 0 Å². The Labute approximate surface area is 123 Å². The summed E-state index contributed by atoms with van der Waals surface area (Å²) >= 11 is 8.37. The Morgan fingerprint density at radius 2 is 2.26 bits per heavy atom. The lowest BCUT2D eigenvalue weighted by Gasteiger charge is -2.23. The van der Waals surface area contributed by atoms with E-state index in [0.717, 1.165) is 18.1 Å². The highest BCUT2D eigenvalue weighted by Gasteiger charge is 2.25. The Hall–Kier alpha value is -0.610. The summed E-state index contributed by atoms with van der Waals surface area (Å²) in [5, 5.41) is 5.45. The molecule has 2 nitrogen and oxygen atoms in total. The average molecular weight is 295 g/mol. The van der Waals surface area contributed by atoms with Gasteiger partial charge in [-0.3, -0.25) is 4.90 Å². The van der Waals surface area contributed by atoms with Gasteiger partial charge in [0.1, 0.15) is 0 Å². The minimum Gasteiger partial charge on any atom is -0.318 e. The average Bonchev–Trinajstić information content (AvgIpc) is 2.98. The predicted molar refractivity (Wildman–Crippen MR) is 84.2 cm³/mol. The van der Waals surface area contributed by atoms with Crippen molar-refractivity contribution in [2.75, 3.05) is 20.1 Å². The summed E-state index contributed by atoms with van der Waals surface area (Å²) in [5.74, 6) is 0. The van der Waals surface area contributed by atoms with E-state index >= 15 is 0 Å². The SMILES string of the molecule is CNCC1CCCN1Cc1sc2ccccc2c1Cl. The Balaban J connectivity index is 1.83. The smallest absolute Gasteiger partial charge is 0.0637 e. The molecule has 1 fully saturated rings. The summed E-state index contributed by atoms with van der Waals surface area (Å²) in [7, 11) is 2.03. The molecule has 1 aliphatic rings. The van der Waals surface area contributed by atoms with Gasteiger partial charge in [0.05, 0.1) is 5.02 Å². The van der Waals surface area contributed by atoms with Crippen LogP contribution in [0.15, 0.2) is 24.3 Å². The second-order valence-electron chi connectivity index (χ2n) is 5.16. The van der Waals surface area contributed by atoms with Crippen molar-refractivity contribution in [2.45, 2.75) is 25.4 Å². The van der Waals surface area contributed by atoms with E-state index in [2.05, 4.69) is 34.5 Å². The Bertz CT molecular complexity index is 566. The second kappa shape index (κ2) is 5.80. The molecule has 1 aliphatic heterocycles. The second-order valence-corrected chi connectivity index (χ2v) is 6.67. The lowest BCUT2D eigenvalue weighted by atomic mass is 10.2. The maximum absolute atomic E-state index is 6.53. The zero-order valence-electron chi connectivity index (χ0n) is 11.2. The molecule has 19 heavy (non-hydrogen) atoms. The van der Waals surface area contributed by atoms with Gasteiger partial charge in [-0.2, -0.15) is 0 Å². The molecule has 1 aromatic heterocycles. The summed E-state index contributed by atoms with van der Waals surface area (Å²) in [6.07, 6.45) is 2.60. The predicted octanol–water partition coefficient (Wildman–Crippen LogP) is 3.74. The largest absolute Gasteiger partial charge is 0.318 e. The Kier molecular flexibility index (Phi) is 4.08. The van der Waals surface area contributed by atoms with Crippen molar-refractivity contribution in [1.29, 1.82) is 0 Å². The van der Waals surface area contributed by atoms with Crippen LogP contribution in [0.25, 0.3) is 10.1 Å². The van der Waals surface area contributed by atoms with Crippen molar-refractivity contribution < 1.29 is 0 Å². The van der Waals surface area contributed by atoms with Gasteiger partial charge in [-0.05, 0) is 32.5 Å². The summed E-state index contributed by atoms with van der Waals surface area (Å²) in [4.78, 5) is 3.87. The number of likely N-dealkylation sites (N-methyl/N-ethyl adjacent to an activating group) is 1. The van der Waals surface area contributed by atoms with Crippen LogP contribution >= 0.6 is 22.9 Å². The highest BCUT2D eigenvalue weighted by Crippen LogP contribution is 2.36. The number of hydrogen-bond donors (Lipinski definition) is 1. The van der Waals surface area contributed by atoms with Crippen LogP contribution in [-0.2, 0) is 6.54 Å². The van der Waals surface area contributed by atoms with Crippen LogP contribution in [0.2, 0.25) is 5.02 Å². The topological polar surface area (TPSA) is 15.3 Å². The standard InChI is InChI=1S/C15H19ClN2S/c1-17-9-11-5-4-8-18(11)10-14-15(16)12-6-2-3-7-13(12)19-14/h2-3,6-7,11,17H,4-5,8-10H2,1H3. The van der Waals surface area contributed by atoms with Gasteiger partial charge in [-0.15, -0.1) is 11.3 Å². The van der Waals surface area contributed by atoms with Crippen LogP contribution < -0.4 is 5.32 Å². The maximum Gasteiger partial charge on any atom is 0.0637 e. The van der Waals surface area contributed by atoms with Gasteiger partial charge < -0.3 is 5.32 Å². The number of halogens is 1. The third-order valence-electron chi connectivity index (χ3n) is 3.89. The zero-order valence-corrected chi connectivity index (χ0v) is 12.7. The van der Waals surface area contributed by atoms with E-state index in [1.807, 2.05) is 18.4 Å². The first-order valence-electron chi connectivity index (χ1n) is 6.84. The van der Waals surface area contributed by atoms with Crippen LogP contribution in [0.1, 0.15) is 17.7 Å². The maximum atomic E-state index is 6.53. The Morgan fingerprint density at radius 3 is 3.05 bits per heavy atom. The molecule has 0 bridgehead atoms. The van der Waals surface area contributed by atoms with Gasteiger partial charge in [0.15, 0.2) is 0 Å². The van der Waals surface area contributed by atoms with Crippen molar-refractivity contribution in [3.8, 4) is 0 Å². The number of hydrogen-bond acceptors (Lipinski definition) is 3. The molecule has 1 unspecified atom stereocenters. The molecule has 3 rings (SSSR count). The first-order chi connectivity index (χ1) is 9.29. The first-order valence-corrected chi connectivity index (χ1v) is 8.03. The fraction of sp³-hybridized carbons (Fsp3) is 0.467. The minimum atomic E-state index is 0.659. The van der Waals surface area contributed by atoms with Gasteiger partial charge in [-0.1, -0.05) is 29.8 Å². The molecule has 0 radical (unpaired) electrons. The summed E-state index contributed by atoms with van der Waals surface area (Å²) in [5.41, 5.74) is 0. The van der Waals surface area contributed by atoms with Gasteiger partial charge in [-0.25, -0.2) is 0 Å². The van der Waals surface area contributed by atoms with E-state index in [0.29, 0.717) is 6.04 Å². The van der Waals surface area contributed by atoms with Crippen molar-refractivity contribution >= 4 is 33.0 Å². The molecule has 0 aliphatic carbocycles. The lowest BCUT2D eigenvalue weighted by molar-refractivity contribution is 0.244. The summed E-state index contributed by atoms with van der Waals surface area (Å²) in [6, 6.07) is 9.08. The van der Waals surface area contributed by atoms with Crippen molar-refractivity contribution in [3.63, 3.8) is 0 Å². The van der Waals surface area contributed by atoms with Crippen LogP contribution in [-0.4, -0.2) is 31.1 Å². The molecule has 1 aromatic carbocycles. The van der Waals surface area contributed by atoms with Gasteiger partial charge in [0.25, 0.3) is 0 Å². The van der Waals surface area contributed by atoms with Crippen LogP contribution in [0.4, 0.5) is 0 Å². The highest BCUT2D eigenvalue weighted by molar-refractivity contribution is 7.19. The molecule has 1 N–H and O–H groups in total. The molecule has 1 saturated heterocycles. The van der Waals surface area contributed by atoms with Crippen LogP contribution in [0, 0.1) is 0 Å². The molecule has 0 saturated carbocycles. The summed E-state index contributed by atoms with van der Waals surface area (Å²) < 4.78 is 1.30. The number of nitrogens with zero attached hydrogens (tertiary/aromatic N) is 1. The molecule has 2 aromatic rings. The lowest BCUT2D eigenvalue weighted by Crippen LogP contribution is -2.36. The van der Waals surface area contributed by atoms with Crippen molar-refractivity contribution in [1.82, 2.24) is 10.2 Å². The van der Waals surface area contributed by atoms with Crippen LogP contribution in [0.3, 0.4) is 0 Å². The number of thiophene rings is 1. The monoisotopic (exact) mass is 294 g/mol. The number of nitrogens with one attached hydrogen (secondary N) is 1. The van der Waals surface area contributed by atoms with E-state index in [4.69, 9.17) is 11.6 Å². The molecular formula is C15H19ClN2S. The molecular weight excluding hydrogens is 276 g/mol. The van der Waals surface area contributed by atoms with Crippen molar-refractivity contribution in [3.05, 3.63) is 34.2 Å². The third-order valence-corrected chi connectivity index (χ3v) is 5.59. The fourth-order valence-corrected chi connectivity index (χ4v) is 4.44. The van der Waals surface area contributed by atoms with E-state index in [9.17, 15) is 0 Å². The van der Waals surface area contributed by atoms with Crippen LogP contribution in [0.5, 0.6) is 0 Å². The Morgan fingerprint density at radius 1 is 1.42 bits per heavy atom. The number of fused-ring (bicyclic) bond motifs is 1. The van der Waals surface area contributed by atoms with Gasteiger partial charge in [0, 0.05) is 34.1 Å². The number of likely N-dealkylation sites (tertiary alicyclic amines) is 1. The first kappa shape index (κ1) is 13.4. The van der Waals surface area contributed by atoms with Gasteiger partial charge in [0.2, 0.25) is 0 Å². The van der Waals surface area contributed by atoms with Crippen molar-refractivity contribution in [2.24, 2.45) is 0 Å². The van der Waals surface area contributed by atoms with Gasteiger partial charge >= 0.3 is 0 Å². The molecule has 2 heterocycles. The molecule has 0 spiro atoms. The molecule has 102 valence electrons. The normalized spacial score (nSPS) is 20.4. The highest BCUT2D eigenvalue weighted by atomic mass is 35.5.